The van der Waals surface area contributed by atoms with E-state index in [1.807, 2.05) is 19.1 Å². The molecular weight excluding hydrogens is 226 g/mol. The van der Waals surface area contributed by atoms with Crippen LogP contribution in [0.1, 0.15) is 15.9 Å². The van der Waals surface area contributed by atoms with Crippen LogP contribution in [0.15, 0.2) is 23.7 Å². The molecule has 0 aliphatic carbocycles. The van der Waals surface area contributed by atoms with Crippen LogP contribution < -0.4 is 5.32 Å². The first-order valence-corrected chi connectivity index (χ1v) is 5.38. The second-order valence-corrected chi connectivity index (χ2v) is 3.80. The summed E-state index contributed by atoms with van der Waals surface area (Å²) in [5.41, 5.74) is 1.10. The van der Waals surface area contributed by atoms with Gasteiger partial charge in [-0.2, -0.15) is 4.37 Å². The van der Waals surface area contributed by atoms with E-state index < -0.39 is 5.97 Å². The zero-order valence-corrected chi connectivity index (χ0v) is 9.28. The largest absolute Gasteiger partial charge is 0.478 e. The standard InChI is InChI=1S/C10H9N3O2S/c1-6-3-2-4-11-8(6)12-9-7(10(14)15)5-16-13-9/h2-5H,1H3,(H,14,15)(H,11,12,13). The van der Waals surface area contributed by atoms with Gasteiger partial charge in [0.05, 0.1) is 0 Å². The third kappa shape index (κ3) is 2.01. The second kappa shape index (κ2) is 4.28. The lowest BCUT2D eigenvalue weighted by Gasteiger charge is -2.05. The van der Waals surface area contributed by atoms with E-state index in [-0.39, 0.29) is 5.56 Å². The molecule has 2 rings (SSSR count). The normalized spacial score (nSPS) is 10.1. The minimum atomic E-state index is -0.996. The first-order valence-electron chi connectivity index (χ1n) is 4.55. The highest BCUT2D eigenvalue weighted by molar-refractivity contribution is 7.04. The predicted molar refractivity (Wildman–Crippen MR) is 61.3 cm³/mol. The number of hydrogen-bond donors (Lipinski definition) is 2. The quantitative estimate of drug-likeness (QED) is 0.853. The molecule has 0 aromatic carbocycles. The Morgan fingerprint density at radius 3 is 3.00 bits per heavy atom. The molecule has 16 heavy (non-hydrogen) atoms. The molecule has 0 saturated carbocycles. The molecule has 0 radical (unpaired) electrons. The Bertz CT molecular complexity index is 524. The van der Waals surface area contributed by atoms with Crippen molar-refractivity contribution in [2.24, 2.45) is 0 Å². The lowest BCUT2D eigenvalue weighted by molar-refractivity contribution is 0.0698. The highest BCUT2D eigenvalue weighted by Crippen LogP contribution is 2.21. The van der Waals surface area contributed by atoms with Crippen molar-refractivity contribution < 1.29 is 9.90 Å². The fraction of sp³-hybridized carbons (Fsp3) is 0.100. The van der Waals surface area contributed by atoms with Gasteiger partial charge in [0, 0.05) is 11.6 Å². The van der Waals surface area contributed by atoms with E-state index >= 15 is 0 Å². The molecule has 0 atom stereocenters. The van der Waals surface area contributed by atoms with E-state index in [1.165, 1.54) is 5.38 Å². The Labute approximate surface area is 95.9 Å². The average molecular weight is 235 g/mol. The summed E-state index contributed by atoms with van der Waals surface area (Å²) in [5, 5.41) is 13.3. The van der Waals surface area contributed by atoms with Gasteiger partial charge in [0.2, 0.25) is 0 Å². The maximum Gasteiger partial charge on any atom is 0.340 e. The lowest BCUT2D eigenvalue weighted by atomic mass is 10.3. The third-order valence-electron chi connectivity index (χ3n) is 2.05. The number of nitrogens with zero attached hydrogens (tertiary/aromatic N) is 2. The van der Waals surface area contributed by atoms with Crippen molar-refractivity contribution in [1.29, 1.82) is 0 Å². The monoisotopic (exact) mass is 235 g/mol. The Morgan fingerprint density at radius 2 is 2.31 bits per heavy atom. The molecule has 2 N–H and O–H groups in total. The van der Waals surface area contributed by atoms with E-state index in [2.05, 4.69) is 14.7 Å². The van der Waals surface area contributed by atoms with E-state index in [4.69, 9.17) is 5.11 Å². The Balaban J connectivity index is 2.31. The van der Waals surface area contributed by atoms with Crippen molar-refractivity contribution in [2.45, 2.75) is 6.92 Å². The summed E-state index contributed by atoms with van der Waals surface area (Å²) in [7, 11) is 0. The molecule has 82 valence electrons. The summed E-state index contributed by atoms with van der Waals surface area (Å²) in [6.45, 7) is 1.89. The van der Waals surface area contributed by atoms with Gasteiger partial charge in [-0.1, -0.05) is 6.07 Å². The van der Waals surface area contributed by atoms with Crippen LogP contribution in [0.4, 0.5) is 11.6 Å². The number of carboxylic acid groups (broad SMARTS) is 1. The number of anilines is 2. The van der Waals surface area contributed by atoms with Crippen molar-refractivity contribution in [3.63, 3.8) is 0 Å². The number of aromatic nitrogens is 2. The third-order valence-corrected chi connectivity index (χ3v) is 2.68. The average Bonchev–Trinajstić information content (AvgIpc) is 2.69. The van der Waals surface area contributed by atoms with Crippen LogP contribution in [0.3, 0.4) is 0 Å². The fourth-order valence-electron chi connectivity index (χ4n) is 1.21. The van der Waals surface area contributed by atoms with Crippen LogP contribution in [0.5, 0.6) is 0 Å². The number of aromatic carboxylic acids is 1. The van der Waals surface area contributed by atoms with Crippen molar-refractivity contribution in [3.8, 4) is 0 Å². The number of rotatable bonds is 3. The highest BCUT2D eigenvalue weighted by atomic mass is 32.1. The van der Waals surface area contributed by atoms with Gasteiger partial charge in [0.25, 0.3) is 0 Å². The van der Waals surface area contributed by atoms with Crippen LogP contribution in [0.2, 0.25) is 0 Å². The molecule has 0 bridgehead atoms. The molecule has 5 nitrogen and oxygen atoms in total. The van der Waals surface area contributed by atoms with E-state index in [1.54, 1.807) is 6.20 Å². The summed E-state index contributed by atoms with van der Waals surface area (Å²) >= 11 is 1.10. The van der Waals surface area contributed by atoms with Gasteiger partial charge >= 0.3 is 5.97 Å². The smallest absolute Gasteiger partial charge is 0.340 e. The van der Waals surface area contributed by atoms with Crippen LogP contribution in [-0.2, 0) is 0 Å². The van der Waals surface area contributed by atoms with Gasteiger partial charge in [-0.05, 0) is 30.1 Å². The van der Waals surface area contributed by atoms with Crippen molar-refractivity contribution in [2.75, 3.05) is 5.32 Å². The molecule has 0 aliphatic rings. The number of hydrogen-bond acceptors (Lipinski definition) is 5. The minimum Gasteiger partial charge on any atom is -0.478 e. The number of nitrogens with one attached hydrogen (secondary N) is 1. The first kappa shape index (κ1) is 10.6. The molecule has 0 unspecified atom stereocenters. The topological polar surface area (TPSA) is 75.1 Å². The molecule has 2 heterocycles. The molecule has 2 aromatic heterocycles. The van der Waals surface area contributed by atoms with Gasteiger partial charge in [0.15, 0.2) is 5.82 Å². The first-order chi connectivity index (χ1) is 7.68. The van der Waals surface area contributed by atoms with Gasteiger partial charge in [-0.3, -0.25) is 0 Å². The number of carbonyl (C=O) groups is 1. The molecule has 2 aromatic rings. The highest BCUT2D eigenvalue weighted by Gasteiger charge is 2.13. The number of aryl methyl sites for hydroxylation is 1. The van der Waals surface area contributed by atoms with Crippen LogP contribution in [0.25, 0.3) is 0 Å². The predicted octanol–water partition coefficient (Wildman–Crippen LogP) is 2.29. The zero-order chi connectivity index (χ0) is 11.5. The maximum atomic E-state index is 10.9. The SMILES string of the molecule is Cc1cccnc1Nc1nscc1C(=O)O. The van der Waals surface area contributed by atoms with Crippen LogP contribution >= 0.6 is 11.5 Å². The summed E-state index contributed by atoms with van der Waals surface area (Å²) in [6.07, 6.45) is 1.64. The molecule has 0 aliphatic heterocycles. The van der Waals surface area contributed by atoms with Crippen molar-refractivity contribution >= 4 is 29.1 Å². The number of pyridine rings is 1. The molecule has 0 saturated heterocycles. The Hall–Kier alpha value is -1.95. The van der Waals surface area contributed by atoms with Crippen molar-refractivity contribution in [3.05, 3.63) is 34.8 Å². The lowest BCUT2D eigenvalue weighted by Crippen LogP contribution is -2.02. The van der Waals surface area contributed by atoms with Crippen molar-refractivity contribution in [1.82, 2.24) is 9.36 Å². The van der Waals surface area contributed by atoms with Crippen LogP contribution in [-0.4, -0.2) is 20.4 Å². The Kier molecular flexibility index (Phi) is 2.82. The number of carboxylic acids is 1. The molecule has 0 fully saturated rings. The van der Waals surface area contributed by atoms with Gasteiger partial charge in [0.1, 0.15) is 11.4 Å². The van der Waals surface area contributed by atoms with Crippen LogP contribution in [0, 0.1) is 6.92 Å². The van der Waals surface area contributed by atoms with E-state index in [0.717, 1.165) is 17.1 Å². The van der Waals surface area contributed by atoms with Gasteiger partial charge in [-0.15, -0.1) is 0 Å². The fourth-order valence-corrected chi connectivity index (χ4v) is 1.83. The maximum absolute atomic E-state index is 10.9. The summed E-state index contributed by atoms with van der Waals surface area (Å²) in [6, 6.07) is 3.71. The zero-order valence-electron chi connectivity index (χ0n) is 8.47. The molecule has 0 spiro atoms. The van der Waals surface area contributed by atoms with E-state index in [9.17, 15) is 4.79 Å². The summed E-state index contributed by atoms with van der Waals surface area (Å²) in [5.74, 6) is -0.0416. The minimum absolute atomic E-state index is 0.162. The van der Waals surface area contributed by atoms with Gasteiger partial charge < -0.3 is 10.4 Å². The molecule has 0 amide bonds. The molecule has 6 heteroatoms. The molecular formula is C10H9N3O2S. The summed E-state index contributed by atoms with van der Waals surface area (Å²) in [4.78, 5) is 15.0. The van der Waals surface area contributed by atoms with Gasteiger partial charge in [-0.25, -0.2) is 9.78 Å². The Morgan fingerprint density at radius 1 is 1.50 bits per heavy atom. The van der Waals surface area contributed by atoms with E-state index in [0.29, 0.717) is 11.6 Å². The summed E-state index contributed by atoms with van der Waals surface area (Å²) < 4.78 is 3.98. The second-order valence-electron chi connectivity index (χ2n) is 3.18.